The summed E-state index contributed by atoms with van der Waals surface area (Å²) < 4.78 is 7.35. The van der Waals surface area contributed by atoms with Gasteiger partial charge in [-0.05, 0) is 37.0 Å². The van der Waals surface area contributed by atoms with Gasteiger partial charge in [0.2, 0.25) is 0 Å². The zero-order chi connectivity index (χ0) is 20.8. The van der Waals surface area contributed by atoms with Crippen LogP contribution in [0.15, 0.2) is 62.8 Å². The lowest BCUT2D eigenvalue weighted by atomic mass is 9.82. The van der Waals surface area contributed by atoms with Crippen molar-refractivity contribution in [2.45, 2.75) is 25.8 Å². The number of likely N-dealkylation sites (tertiary alicyclic amines) is 1. The van der Waals surface area contributed by atoms with E-state index in [-0.39, 0.29) is 34.5 Å². The molecule has 7 heteroatoms. The van der Waals surface area contributed by atoms with Gasteiger partial charge >= 0.3 is 0 Å². The molecule has 1 amide bonds. The zero-order valence-corrected chi connectivity index (χ0v) is 16.6. The lowest BCUT2D eigenvalue weighted by Crippen LogP contribution is -2.49. The van der Waals surface area contributed by atoms with Gasteiger partial charge in [0.15, 0.2) is 11.2 Å². The number of pyridine rings is 2. The Morgan fingerprint density at radius 3 is 2.73 bits per heavy atom. The standard InChI is InChI=1S/C23H21N3O4/c1-14-5-19(27)9-21(30-14)23(29)25-11-15-6-18(13-25)20-7-17(8-22(28)26(20)12-15)16-3-2-4-24-10-16/h2-5,7-10,15,18H,6,11-13H2,1H3/t15-,18+/m0/s1. The number of carbonyl (C=O) groups excluding carboxylic acids is 1. The van der Waals surface area contributed by atoms with Gasteiger partial charge in [0, 0.05) is 67.4 Å². The molecule has 0 radical (unpaired) electrons. The summed E-state index contributed by atoms with van der Waals surface area (Å²) in [5, 5.41) is 0. The smallest absolute Gasteiger partial charge is 0.289 e. The van der Waals surface area contributed by atoms with Crippen molar-refractivity contribution in [3.8, 4) is 11.1 Å². The summed E-state index contributed by atoms with van der Waals surface area (Å²) in [6, 6.07) is 10.1. The second-order valence-corrected chi connectivity index (χ2v) is 8.14. The number of hydrogen-bond donors (Lipinski definition) is 0. The van der Waals surface area contributed by atoms with Crippen LogP contribution in [0.4, 0.5) is 0 Å². The van der Waals surface area contributed by atoms with Gasteiger partial charge in [-0.25, -0.2) is 0 Å². The van der Waals surface area contributed by atoms with Crippen LogP contribution in [0.5, 0.6) is 0 Å². The molecule has 3 aromatic rings. The number of aryl methyl sites for hydroxylation is 1. The van der Waals surface area contributed by atoms with E-state index < -0.39 is 0 Å². The summed E-state index contributed by atoms with van der Waals surface area (Å²) in [7, 11) is 0. The zero-order valence-electron chi connectivity index (χ0n) is 16.6. The van der Waals surface area contributed by atoms with Crippen LogP contribution in [-0.4, -0.2) is 33.4 Å². The number of rotatable bonds is 2. The van der Waals surface area contributed by atoms with Crippen molar-refractivity contribution >= 4 is 5.91 Å². The highest BCUT2D eigenvalue weighted by molar-refractivity contribution is 5.91. The van der Waals surface area contributed by atoms with Crippen LogP contribution < -0.4 is 11.0 Å². The second-order valence-electron chi connectivity index (χ2n) is 8.14. The van der Waals surface area contributed by atoms with E-state index in [1.807, 2.05) is 22.8 Å². The highest BCUT2D eigenvalue weighted by atomic mass is 16.3. The van der Waals surface area contributed by atoms with Crippen LogP contribution in [0, 0.1) is 12.8 Å². The van der Waals surface area contributed by atoms with E-state index in [1.165, 1.54) is 12.1 Å². The number of carbonyl (C=O) groups is 1. The molecular formula is C23H21N3O4. The molecule has 3 aromatic heterocycles. The molecule has 2 bridgehead atoms. The van der Waals surface area contributed by atoms with Crippen LogP contribution in [-0.2, 0) is 6.54 Å². The molecule has 1 saturated heterocycles. The van der Waals surface area contributed by atoms with E-state index >= 15 is 0 Å². The molecule has 0 spiro atoms. The average molecular weight is 403 g/mol. The fraction of sp³-hybridized carbons (Fsp3) is 0.304. The van der Waals surface area contributed by atoms with Gasteiger partial charge in [-0.3, -0.25) is 19.4 Å². The Morgan fingerprint density at radius 2 is 1.97 bits per heavy atom. The van der Waals surface area contributed by atoms with Crippen molar-refractivity contribution in [2.75, 3.05) is 13.1 Å². The van der Waals surface area contributed by atoms with Gasteiger partial charge in [0.1, 0.15) is 5.76 Å². The Bertz CT molecular complexity index is 1250. The third kappa shape index (κ3) is 3.26. The van der Waals surface area contributed by atoms with E-state index in [4.69, 9.17) is 4.42 Å². The minimum Gasteiger partial charge on any atom is -0.456 e. The number of hydrogen-bond acceptors (Lipinski definition) is 5. The molecule has 5 rings (SSSR count). The monoisotopic (exact) mass is 403 g/mol. The fourth-order valence-electron chi connectivity index (χ4n) is 4.69. The predicted molar refractivity (Wildman–Crippen MR) is 110 cm³/mol. The Morgan fingerprint density at radius 1 is 1.10 bits per heavy atom. The topological polar surface area (TPSA) is 85.4 Å². The molecule has 152 valence electrons. The predicted octanol–water partition coefficient (Wildman–Crippen LogP) is 2.43. The Kier molecular flexibility index (Phi) is 4.38. The molecular weight excluding hydrogens is 382 g/mol. The Labute approximate surface area is 172 Å². The Balaban J connectivity index is 1.49. The summed E-state index contributed by atoms with van der Waals surface area (Å²) in [5.74, 6) is 0.466. The van der Waals surface area contributed by atoms with Crippen LogP contribution in [0.3, 0.4) is 0 Å². The summed E-state index contributed by atoms with van der Waals surface area (Å²) >= 11 is 0. The first-order valence-corrected chi connectivity index (χ1v) is 10.0. The minimum atomic E-state index is -0.273. The molecule has 7 nitrogen and oxygen atoms in total. The molecule has 0 saturated carbocycles. The molecule has 1 fully saturated rings. The van der Waals surface area contributed by atoms with Crippen LogP contribution in [0.2, 0.25) is 0 Å². The van der Waals surface area contributed by atoms with Crippen molar-refractivity contribution < 1.29 is 9.21 Å². The first-order valence-electron chi connectivity index (χ1n) is 10.0. The van der Waals surface area contributed by atoms with Crippen LogP contribution in [0.1, 0.15) is 34.3 Å². The number of aromatic nitrogens is 2. The molecule has 5 heterocycles. The highest BCUT2D eigenvalue weighted by Crippen LogP contribution is 2.37. The largest absolute Gasteiger partial charge is 0.456 e. The second kappa shape index (κ2) is 7.09. The first-order chi connectivity index (χ1) is 14.5. The van der Waals surface area contributed by atoms with Crippen LogP contribution >= 0.6 is 0 Å². The van der Waals surface area contributed by atoms with Crippen molar-refractivity contribution in [3.63, 3.8) is 0 Å². The lowest BCUT2D eigenvalue weighted by Gasteiger charge is -2.42. The number of fused-ring (bicyclic) bond motifs is 4. The minimum absolute atomic E-state index is 0.0227. The molecule has 0 N–H and O–H groups in total. The lowest BCUT2D eigenvalue weighted by molar-refractivity contribution is 0.0559. The van der Waals surface area contributed by atoms with Gasteiger partial charge in [0.05, 0.1) is 0 Å². The Hall–Kier alpha value is -3.48. The number of piperidine rings is 1. The molecule has 30 heavy (non-hydrogen) atoms. The van der Waals surface area contributed by atoms with Crippen LogP contribution in [0.25, 0.3) is 11.1 Å². The molecule has 0 unspecified atom stereocenters. The van der Waals surface area contributed by atoms with Crippen molar-refractivity contribution in [3.05, 3.63) is 86.6 Å². The number of nitrogens with zero attached hydrogens (tertiary/aromatic N) is 3. The average Bonchev–Trinajstić information content (AvgIpc) is 2.73. The van der Waals surface area contributed by atoms with Gasteiger partial charge in [-0.15, -0.1) is 0 Å². The quantitative estimate of drug-likeness (QED) is 0.656. The molecule has 2 aliphatic rings. The van der Waals surface area contributed by atoms with E-state index in [0.717, 1.165) is 23.2 Å². The van der Waals surface area contributed by atoms with Gasteiger partial charge in [0.25, 0.3) is 11.5 Å². The molecule has 0 aliphatic carbocycles. The maximum atomic E-state index is 13.0. The maximum absolute atomic E-state index is 13.0. The summed E-state index contributed by atoms with van der Waals surface area (Å²) in [6.07, 6.45) is 4.37. The molecule has 2 atom stereocenters. The molecule has 0 aromatic carbocycles. The van der Waals surface area contributed by atoms with E-state index in [0.29, 0.717) is 25.4 Å². The fourth-order valence-corrected chi connectivity index (χ4v) is 4.69. The first kappa shape index (κ1) is 18.5. The van der Waals surface area contributed by atoms with Crippen molar-refractivity contribution in [1.29, 1.82) is 0 Å². The van der Waals surface area contributed by atoms with Gasteiger partial charge < -0.3 is 13.9 Å². The highest BCUT2D eigenvalue weighted by Gasteiger charge is 2.37. The van der Waals surface area contributed by atoms with Gasteiger partial charge in [-0.1, -0.05) is 6.07 Å². The maximum Gasteiger partial charge on any atom is 0.289 e. The molecule has 2 aliphatic heterocycles. The van der Waals surface area contributed by atoms with E-state index in [1.54, 1.807) is 30.3 Å². The number of amides is 1. The van der Waals surface area contributed by atoms with E-state index in [2.05, 4.69) is 4.98 Å². The summed E-state index contributed by atoms with van der Waals surface area (Å²) in [5.41, 5.74) is 2.42. The van der Waals surface area contributed by atoms with Crippen molar-refractivity contribution in [1.82, 2.24) is 14.5 Å². The SMILES string of the molecule is Cc1cc(=O)cc(C(=O)N2C[C@@H]3C[C@H](C2)c2cc(-c4cccnc4)cc(=O)n2C3)o1. The van der Waals surface area contributed by atoms with Gasteiger partial charge in [-0.2, -0.15) is 0 Å². The summed E-state index contributed by atoms with van der Waals surface area (Å²) in [4.78, 5) is 43.5. The third-order valence-corrected chi connectivity index (χ3v) is 5.94. The van der Waals surface area contributed by atoms with E-state index in [9.17, 15) is 14.4 Å². The summed E-state index contributed by atoms with van der Waals surface area (Å²) in [6.45, 7) is 3.28. The normalized spacial score (nSPS) is 20.0. The van der Waals surface area contributed by atoms with Crippen molar-refractivity contribution in [2.24, 2.45) is 5.92 Å². The third-order valence-electron chi connectivity index (χ3n) is 5.94.